The van der Waals surface area contributed by atoms with Gasteiger partial charge in [-0.2, -0.15) is 0 Å². The molecule has 0 aliphatic heterocycles. The third-order valence-corrected chi connectivity index (χ3v) is 3.54. The fourth-order valence-electron chi connectivity index (χ4n) is 2.63. The zero-order valence-corrected chi connectivity index (χ0v) is 12.2. The van der Waals surface area contributed by atoms with E-state index in [0.717, 1.165) is 19.6 Å². The molecule has 0 bridgehead atoms. The molecule has 2 aromatic rings. The van der Waals surface area contributed by atoms with Crippen LogP contribution in [0, 0.1) is 0 Å². The van der Waals surface area contributed by atoms with Gasteiger partial charge in [-0.15, -0.1) is 0 Å². The van der Waals surface area contributed by atoms with Gasteiger partial charge in [-0.25, -0.2) is 0 Å². The van der Waals surface area contributed by atoms with Crippen LogP contribution < -0.4 is 10.2 Å². The van der Waals surface area contributed by atoms with Gasteiger partial charge in [0.25, 0.3) is 0 Å². The van der Waals surface area contributed by atoms with Crippen molar-refractivity contribution >= 4 is 16.5 Å². The topological polar surface area (TPSA) is 15.3 Å². The molecule has 0 heterocycles. The van der Waals surface area contributed by atoms with Crippen LogP contribution in [0.15, 0.2) is 42.5 Å². The molecule has 0 aliphatic rings. The van der Waals surface area contributed by atoms with E-state index >= 15 is 0 Å². The average molecular weight is 256 g/mol. The highest BCUT2D eigenvalue weighted by Gasteiger charge is 2.11. The quantitative estimate of drug-likeness (QED) is 0.848. The number of likely N-dealkylation sites (N-methyl/N-ethyl adjacent to an activating group) is 2. The Morgan fingerprint density at radius 1 is 1.05 bits per heavy atom. The van der Waals surface area contributed by atoms with Crippen LogP contribution in [0.2, 0.25) is 0 Å². The van der Waals surface area contributed by atoms with Crippen LogP contribution >= 0.6 is 0 Å². The Morgan fingerprint density at radius 3 is 2.53 bits per heavy atom. The summed E-state index contributed by atoms with van der Waals surface area (Å²) in [5.74, 6) is 0. The van der Waals surface area contributed by atoms with E-state index in [1.54, 1.807) is 0 Å². The van der Waals surface area contributed by atoms with Gasteiger partial charge in [-0.1, -0.05) is 43.3 Å². The first-order valence-corrected chi connectivity index (χ1v) is 7.22. The summed E-state index contributed by atoms with van der Waals surface area (Å²) in [6.45, 7) is 9.72. The lowest BCUT2D eigenvalue weighted by atomic mass is 10.1. The number of rotatable bonds is 6. The van der Waals surface area contributed by atoms with Crippen LogP contribution in [0.1, 0.15) is 20.8 Å². The van der Waals surface area contributed by atoms with E-state index in [-0.39, 0.29) is 0 Å². The predicted octanol–water partition coefficient (Wildman–Crippen LogP) is 3.66. The van der Waals surface area contributed by atoms with Gasteiger partial charge in [0, 0.05) is 30.2 Å². The Kier molecular flexibility index (Phi) is 4.80. The molecular weight excluding hydrogens is 232 g/mol. The molecule has 0 aliphatic carbocycles. The number of nitrogens with one attached hydrogen (secondary N) is 1. The third-order valence-electron chi connectivity index (χ3n) is 3.54. The first-order chi connectivity index (χ1) is 9.26. The molecule has 0 aromatic heterocycles. The van der Waals surface area contributed by atoms with E-state index in [1.165, 1.54) is 16.5 Å². The van der Waals surface area contributed by atoms with Gasteiger partial charge in [-0.05, 0) is 31.8 Å². The van der Waals surface area contributed by atoms with Crippen LogP contribution in [0.5, 0.6) is 0 Å². The van der Waals surface area contributed by atoms with Gasteiger partial charge in [0.1, 0.15) is 0 Å². The van der Waals surface area contributed by atoms with E-state index in [4.69, 9.17) is 0 Å². The summed E-state index contributed by atoms with van der Waals surface area (Å²) in [7, 11) is 0. The molecule has 1 unspecified atom stereocenters. The Morgan fingerprint density at radius 2 is 1.79 bits per heavy atom. The summed E-state index contributed by atoms with van der Waals surface area (Å²) in [5.41, 5.74) is 1.34. The lowest BCUT2D eigenvalue weighted by Gasteiger charge is -2.28. The van der Waals surface area contributed by atoms with Crippen LogP contribution in [0.25, 0.3) is 10.8 Å². The van der Waals surface area contributed by atoms with Gasteiger partial charge in [0.2, 0.25) is 0 Å². The Hall–Kier alpha value is -1.54. The van der Waals surface area contributed by atoms with Crippen molar-refractivity contribution in [2.45, 2.75) is 26.8 Å². The van der Waals surface area contributed by atoms with Crippen LogP contribution in [-0.2, 0) is 0 Å². The maximum atomic E-state index is 3.49. The number of anilines is 1. The highest BCUT2D eigenvalue weighted by atomic mass is 15.1. The summed E-state index contributed by atoms with van der Waals surface area (Å²) >= 11 is 0. The molecule has 0 radical (unpaired) electrons. The van der Waals surface area contributed by atoms with Crippen molar-refractivity contribution in [2.24, 2.45) is 0 Å². The maximum Gasteiger partial charge on any atom is 0.0446 e. The summed E-state index contributed by atoms with van der Waals surface area (Å²) < 4.78 is 0. The second-order valence-electron chi connectivity index (χ2n) is 5.00. The second-order valence-corrected chi connectivity index (χ2v) is 5.00. The largest absolute Gasteiger partial charge is 0.370 e. The zero-order valence-electron chi connectivity index (χ0n) is 12.2. The van der Waals surface area contributed by atoms with Crippen molar-refractivity contribution in [3.05, 3.63) is 42.5 Å². The normalized spacial score (nSPS) is 12.6. The van der Waals surface area contributed by atoms with Crippen molar-refractivity contribution in [2.75, 3.05) is 24.5 Å². The minimum Gasteiger partial charge on any atom is -0.370 e. The molecule has 0 fully saturated rings. The molecule has 0 saturated carbocycles. The monoisotopic (exact) mass is 256 g/mol. The van der Waals surface area contributed by atoms with Crippen LogP contribution in [0.4, 0.5) is 5.69 Å². The molecule has 0 spiro atoms. The lowest BCUT2D eigenvalue weighted by Crippen LogP contribution is -2.39. The van der Waals surface area contributed by atoms with Crippen molar-refractivity contribution in [1.29, 1.82) is 0 Å². The summed E-state index contributed by atoms with van der Waals surface area (Å²) in [5, 5.41) is 6.14. The fraction of sp³-hybridized carbons (Fsp3) is 0.412. The van der Waals surface area contributed by atoms with Gasteiger partial charge < -0.3 is 10.2 Å². The van der Waals surface area contributed by atoms with Crippen molar-refractivity contribution < 1.29 is 0 Å². The second kappa shape index (κ2) is 6.58. The van der Waals surface area contributed by atoms with E-state index in [2.05, 4.69) is 73.5 Å². The van der Waals surface area contributed by atoms with Gasteiger partial charge in [-0.3, -0.25) is 0 Å². The first-order valence-electron chi connectivity index (χ1n) is 7.22. The van der Waals surface area contributed by atoms with E-state index in [0.29, 0.717) is 6.04 Å². The Balaban J connectivity index is 2.30. The molecule has 19 heavy (non-hydrogen) atoms. The highest BCUT2D eigenvalue weighted by Crippen LogP contribution is 2.26. The van der Waals surface area contributed by atoms with Crippen molar-refractivity contribution in [3.8, 4) is 0 Å². The number of nitrogens with zero attached hydrogens (tertiary/aromatic N) is 1. The Labute approximate surface area is 116 Å². The minimum atomic E-state index is 0.504. The van der Waals surface area contributed by atoms with Crippen molar-refractivity contribution in [3.63, 3.8) is 0 Å². The van der Waals surface area contributed by atoms with E-state index in [9.17, 15) is 0 Å². The third kappa shape index (κ3) is 3.27. The van der Waals surface area contributed by atoms with E-state index < -0.39 is 0 Å². The van der Waals surface area contributed by atoms with Crippen LogP contribution in [-0.4, -0.2) is 25.7 Å². The number of fused-ring (bicyclic) bond motifs is 1. The summed E-state index contributed by atoms with van der Waals surface area (Å²) in [6, 6.07) is 15.7. The number of benzene rings is 2. The molecule has 1 atom stereocenters. The standard InChI is InChI=1S/C17H24N2/c1-4-18-14(3)13-19(5-2)17-12-8-10-15-9-6-7-11-16(15)17/h6-12,14,18H,4-5,13H2,1-3H3. The average Bonchev–Trinajstić information content (AvgIpc) is 2.44. The molecular formula is C17H24N2. The molecule has 1 N–H and O–H groups in total. The van der Waals surface area contributed by atoms with Crippen LogP contribution in [0.3, 0.4) is 0 Å². The molecule has 0 amide bonds. The molecule has 2 rings (SSSR count). The first kappa shape index (κ1) is 13.9. The molecule has 2 nitrogen and oxygen atoms in total. The molecule has 2 heteroatoms. The highest BCUT2D eigenvalue weighted by molar-refractivity contribution is 5.94. The number of hydrogen-bond donors (Lipinski definition) is 1. The molecule has 2 aromatic carbocycles. The van der Waals surface area contributed by atoms with Crippen molar-refractivity contribution in [1.82, 2.24) is 5.32 Å². The smallest absolute Gasteiger partial charge is 0.0446 e. The van der Waals surface area contributed by atoms with Gasteiger partial charge >= 0.3 is 0 Å². The zero-order chi connectivity index (χ0) is 13.7. The predicted molar refractivity (Wildman–Crippen MR) is 85.0 cm³/mol. The minimum absolute atomic E-state index is 0.504. The van der Waals surface area contributed by atoms with Gasteiger partial charge in [0.05, 0.1) is 0 Å². The molecule has 0 saturated heterocycles. The van der Waals surface area contributed by atoms with Gasteiger partial charge in [0.15, 0.2) is 0 Å². The maximum absolute atomic E-state index is 3.49. The summed E-state index contributed by atoms with van der Waals surface area (Å²) in [6.07, 6.45) is 0. The SMILES string of the molecule is CCNC(C)CN(CC)c1cccc2ccccc12. The van der Waals surface area contributed by atoms with E-state index in [1.807, 2.05) is 0 Å². The summed E-state index contributed by atoms with van der Waals surface area (Å²) in [4.78, 5) is 2.45. The fourth-order valence-corrected chi connectivity index (χ4v) is 2.63. The Bertz CT molecular complexity index is 516. The lowest BCUT2D eigenvalue weighted by molar-refractivity contribution is 0.556. The molecule has 102 valence electrons. The number of hydrogen-bond acceptors (Lipinski definition) is 2.